The molecular formula is C11H21N3S2. The summed E-state index contributed by atoms with van der Waals surface area (Å²) in [5.74, 6) is 1.14. The Labute approximate surface area is 106 Å². The van der Waals surface area contributed by atoms with Gasteiger partial charge in [0.1, 0.15) is 0 Å². The number of anilines is 1. The van der Waals surface area contributed by atoms with Gasteiger partial charge in [-0.2, -0.15) is 11.8 Å². The van der Waals surface area contributed by atoms with E-state index in [0.29, 0.717) is 6.04 Å². The molecule has 1 heterocycles. The monoisotopic (exact) mass is 259 g/mol. The molecule has 2 atom stereocenters. The number of rotatable bonds is 6. The molecule has 2 unspecified atom stereocenters. The van der Waals surface area contributed by atoms with Crippen LogP contribution in [0.15, 0.2) is 5.38 Å². The van der Waals surface area contributed by atoms with Crippen LogP contribution in [0, 0.1) is 0 Å². The van der Waals surface area contributed by atoms with E-state index in [-0.39, 0.29) is 6.04 Å². The Hall–Kier alpha value is -0.260. The van der Waals surface area contributed by atoms with E-state index in [2.05, 4.69) is 35.5 Å². The van der Waals surface area contributed by atoms with E-state index in [0.717, 1.165) is 23.0 Å². The molecule has 0 amide bonds. The first-order valence-corrected chi connectivity index (χ1v) is 7.80. The standard InChI is InChI=1S/C11H21N3S2/c1-5-9(6-15-4)14(3)11-13-10(7-16-11)8(2)12/h7-9H,5-6,12H2,1-4H3. The van der Waals surface area contributed by atoms with Gasteiger partial charge in [-0.05, 0) is 19.6 Å². The fourth-order valence-corrected chi connectivity index (χ4v) is 3.31. The van der Waals surface area contributed by atoms with Crippen molar-refractivity contribution in [3.05, 3.63) is 11.1 Å². The zero-order valence-electron chi connectivity index (χ0n) is 10.4. The number of hydrogen-bond acceptors (Lipinski definition) is 5. The van der Waals surface area contributed by atoms with Gasteiger partial charge in [0, 0.05) is 30.3 Å². The molecule has 0 fully saturated rings. The van der Waals surface area contributed by atoms with E-state index < -0.39 is 0 Å². The van der Waals surface area contributed by atoms with Gasteiger partial charge >= 0.3 is 0 Å². The molecule has 0 spiro atoms. The highest BCUT2D eigenvalue weighted by atomic mass is 32.2. The van der Waals surface area contributed by atoms with Crippen molar-refractivity contribution in [3.8, 4) is 0 Å². The number of nitrogens with two attached hydrogens (primary N) is 1. The summed E-state index contributed by atoms with van der Waals surface area (Å²) in [5.41, 5.74) is 6.81. The van der Waals surface area contributed by atoms with Gasteiger partial charge in [0.25, 0.3) is 0 Å². The number of thiazole rings is 1. The summed E-state index contributed by atoms with van der Waals surface area (Å²) in [6.45, 7) is 4.19. The Balaban J connectivity index is 2.73. The van der Waals surface area contributed by atoms with Crippen molar-refractivity contribution in [3.63, 3.8) is 0 Å². The molecule has 0 aliphatic rings. The van der Waals surface area contributed by atoms with Gasteiger partial charge in [0.2, 0.25) is 0 Å². The van der Waals surface area contributed by atoms with Crippen LogP contribution in [0.2, 0.25) is 0 Å². The Morgan fingerprint density at radius 1 is 1.62 bits per heavy atom. The molecule has 1 rings (SSSR count). The fraction of sp³-hybridized carbons (Fsp3) is 0.727. The fourth-order valence-electron chi connectivity index (χ4n) is 1.50. The third-order valence-electron chi connectivity index (χ3n) is 2.66. The topological polar surface area (TPSA) is 42.2 Å². The van der Waals surface area contributed by atoms with Crippen LogP contribution in [0.1, 0.15) is 32.0 Å². The molecule has 5 heteroatoms. The lowest BCUT2D eigenvalue weighted by atomic mass is 10.2. The highest BCUT2D eigenvalue weighted by Gasteiger charge is 2.16. The number of nitrogens with zero attached hydrogens (tertiary/aromatic N) is 2. The van der Waals surface area contributed by atoms with E-state index in [1.165, 1.54) is 0 Å². The highest BCUT2D eigenvalue weighted by Crippen LogP contribution is 2.25. The highest BCUT2D eigenvalue weighted by molar-refractivity contribution is 7.98. The third-order valence-corrected chi connectivity index (χ3v) is 4.32. The second-order valence-electron chi connectivity index (χ2n) is 3.97. The van der Waals surface area contributed by atoms with E-state index in [1.54, 1.807) is 11.3 Å². The van der Waals surface area contributed by atoms with Gasteiger partial charge in [-0.1, -0.05) is 6.92 Å². The molecule has 0 saturated heterocycles. The number of aromatic nitrogens is 1. The van der Waals surface area contributed by atoms with E-state index in [1.807, 2.05) is 18.7 Å². The summed E-state index contributed by atoms with van der Waals surface area (Å²) in [4.78, 5) is 6.84. The van der Waals surface area contributed by atoms with Gasteiger partial charge in [0.05, 0.1) is 5.69 Å². The minimum Gasteiger partial charge on any atom is -0.347 e. The number of hydrogen-bond donors (Lipinski definition) is 1. The first-order chi connectivity index (χ1) is 7.60. The lowest BCUT2D eigenvalue weighted by molar-refractivity contribution is 0.668. The molecule has 0 radical (unpaired) electrons. The minimum absolute atomic E-state index is 0.0269. The maximum absolute atomic E-state index is 5.82. The maximum atomic E-state index is 5.82. The molecule has 0 aromatic carbocycles. The molecule has 92 valence electrons. The van der Waals surface area contributed by atoms with Gasteiger partial charge in [0.15, 0.2) is 5.13 Å². The van der Waals surface area contributed by atoms with Crippen LogP contribution in [-0.2, 0) is 0 Å². The Bertz CT molecular complexity index is 312. The Morgan fingerprint density at radius 3 is 2.75 bits per heavy atom. The normalized spacial score (nSPS) is 14.8. The van der Waals surface area contributed by atoms with Crippen LogP contribution < -0.4 is 10.6 Å². The van der Waals surface area contributed by atoms with Crippen LogP contribution in [0.3, 0.4) is 0 Å². The summed E-state index contributed by atoms with van der Waals surface area (Å²) >= 11 is 3.56. The molecular weight excluding hydrogens is 238 g/mol. The van der Waals surface area contributed by atoms with Crippen LogP contribution in [0.5, 0.6) is 0 Å². The van der Waals surface area contributed by atoms with Crippen molar-refractivity contribution in [2.45, 2.75) is 32.4 Å². The zero-order chi connectivity index (χ0) is 12.1. The van der Waals surface area contributed by atoms with Crippen LogP contribution in [0.25, 0.3) is 0 Å². The molecule has 0 bridgehead atoms. The summed E-state index contributed by atoms with van der Waals surface area (Å²) in [6.07, 6.45) is 3.29. The van der Waals surface area contributed by atoms with Gasteiger partial charge < -0.3 is 10.6 Å². The van der Waals surface area contributed by atoms with Gasteiger partial charge in [-0.3, -0.25) is 0 Å². The quantitative estimate of drug-likeness (QED) is 0.853. The average Bonchev–Trinajstić information content (AvgIpc) is 2.74. The van der Waals surface area contributed by atoms with Crippen molar-refractivity contribution in [2.75, 3.05) is 24.0 Å². The Morgan fingerprint density at radius 2 is 2.31 bits per heavy atom. The van der Waals surface area contributed by atoms with E-state index in [4.69, 9.17) is 5.73 Å². The van der Waals surface area contributed by atoms with Crippen molar-refractivity contribution >= 4 is 28.2 Å². The first kappa shape index (κ1) is 13.8. The summed E-state index contributed by atoms with van der Waals surface area (Å²) < 4.78 is 0. The average molecular weight is 259 g/mol. The first-order valence-electron chi connectivity index (χ1n) is 5.52. The van der Waals surface area contributed by atoms with Crippen molar-refractivity contribution in [2.24, 2.45) is 5.73 Å². The Kier molecular flexibility index (Phi) is 5.58. The second kappa shape index (κ2) is 6.47. The van der Waals surface area contributed by atoms with E-state index in [9.17, 15) is 0 Å². The predicted molar refractivity (Wildman–Crippen MR) is 75.6 cm³/mol. The molecule has 16 heavy (non-hydrogen) atoms. The van der Waals surface area contributed by atoms with Crippen molar-refractivity contribution in [1.29, 1.82) is 0 Å². The van der Waals surface area contributed by atoms with Crippen molar-refractivity contribution < 1.29 is 0 Å². The van der Waals surface area contributed by atoms with Gasteiger partial charge in [-0.15, -0.1) is 11.3 Å². The molecule has 0 aliphatic heterocycles. The minimum atomic E-state index is 0.0269. The van der Waals surface area contributed by atoms with E-state index >= 15 is 0 Å². The SMILES string of the molecule is CCC(CSC)N(C)c1nc(C(C)N)cs1. The smallest absolute Gasteiger partial charge is 0.185 e. The second-order valence-corrected chi connectivity index (χ2v) is 5.72. The lowest BCUT2D eigenvalue weighted by Gasteiger charge is -2.26. The van der Waals surface area contributed by atoms with Crippen LogP contribution >= 0.6 is 23.1 Å². The zero-order valence-corrected chi connectivity index (χ0v) is 12.1. The van der Waals surface area contributed by atoms with Gasteiger partial charge in [-0.25, -0.2) is 4.98 Å². The number of thioether (sulfide) groups is 1. The lowest BCUT2D eigenvalue weighted by Crippen LogP contribution is -2.33. The molecule has 1 aromatic heterocycles. The summed E-state index contributed by atoms with van der Waals surface area (Å²) in [6, 6.07) is 0.584. The third kappa shape index (κ3) is 3.37. The predicted octanol–water partition coefficient (Wildman–Crippen LogP) is 2.74. The maximum Gasteiger partial charge on any atom is 0.185 e. The van der Waals surface area contributed by atoms with Crippen LogP contribution in [0.4, 0.5) is 5.13 Å². The van der Waals surface area contributed by atoms with Crippen molar-refractivity contribution in [1.82, 2.24) is 4.98 Å². The largest absolute Gasteiger partial charge is 0.347 e. The molecule has 3 nitrogen and oxygen atoms in total. The van der Waals surface area contributed by atoms with Crippen LogP contribution in [-0.4, -0.2) is 30.1 Å². The summed E-state index contributed by atoms with van der Waals surface area (Å²) in [5, 5.41) is 3.13. The summed E-state index contributed by atoms with van der Waals surface area (Å²) in [7, 11) is 2.12. The molecule has 0 saturated carbocycles. The molecule has 2 N–H and O–H groups in total. The molecule has 1 aromatic rings. The molecule has 0 aliphatic carbocycles.